The van der Waals surface area contributed by atoms with Gasteiger partial charge in [-0.15, -0.1) is 0 Å². The Morgan fingerprint density at radius 1 is 1.43 bits per heavy atom. The number of nitrogens with one attached hydrogen (secondary N) is 1. The summed E-state index contributed by atoms with van der Waals surface area (Å²) in [5.74, 6) is 0. The van der Waals surface area contributed by atoms with Crippen molar-refractivity contribution in [2.75, 3.05) is 6.54 Å². The van der Waals surface area contributed by atoms with Crippen LogP contribution in [0.3, 0.4) is 0 Å². The molecule has 0 aliphatic rings. The van der Waals surface area contributed by atoms with Crippen molar-refractivity contribution < 1.29 is 0 Å². The minimum Gasteiger partial charge on any atom is -0.334 e. The van der Waals surface area contributed by atoms with Gasteiger partial charge in [0.1, 0.15) is 0 Å². The fourth-order valence-corrected chi connectivity index (χ4v) is 1.56. The van der Waals surface area contributed by atoms with Gasteiger partial charge in [0.2, 0.25) is 0 Å². The first-order chi connectivity index (χ1) is 6.81. The molecule has 3 heteroatoms. The third-order valence-electron chi connectivity index (χ3n) is 2.37. The van der Waals surface area contributed by atoms with E-state index < -0.39 is 0 Å². The molecule has 1 aromatic carbocycles. The summed E-state index contributed by atoms with van der Waals surface area (Å²) in [6.45, 7) is 4.03. The molecule has 0 bridgehead atoms. The van der Waals surface area contributed by atoms with Crippen molar-refractivity contribution in [3.05, 3.63) is 30.1 Å². The highest BCUT2D eigenvalue weighted by molar-refractivity contribution is 5.75. The van der Waals surface area contributed by atoms with E-state index in [1.165, 1.54) is 11.1 Å². The first kappa shape index (κ1) is 9.21. The number of benzene rings is 1. The van der Waals surface area contributed by atoms with Gasteiger partial charge >= 0.3 is 0 Å². The topological polar surface area (TPSA) is 29.9 Å². The van der Waals surface area contributed by atoms with Crippen molar-refractivity contribution in [2.24, 2.45) is 7.05 Å². The second-order valence-electron chi connectivity index (χ2n) is 3.46. The third-order valence-corrected chi connectivity index (χ3v) is 2.37. The van der Waals surface area contributed by atoms with Crippen LogP contribution >= 0.6 is 0 Å². The molecule has 3 nitrogen and oxygen atoms in total. The standard InChI is InChI=1S/C11H15N3/c1-3-12-7-9-4-5-11-10(6-9)13-8-14(11)2/h4-6,8,12H,3,7H2,1-2H3. The molecule has 0 aliphatic carbocycles. The van der Waals surface area contributed by atoms with Crippen molar-refractivity contribution in [3.8, 4) is 0 Å². The quantitative estimate of drug-likeness (QED) is 0.796. The van der Waals surface area contributed by atoms with Gasteiger partial charge in [0.25, 0.3) is 0 Å². The van der Waals surface area contributed by atoms with Crippen LogP contribution in [-0.2, 0) is 13.6 Å². The molecular formula is C11H15N3. The largest absolute Gasteiger partial charge is 0.334 e. The Morgan fingerprint density at radius 2 is 2.29 bits per heavy atom. The maximum Gasteiger partial charge on any atom is 0.0955 e. The minimum atomic E-state index is 0.920. The van der Waals surface area contributed by atoms with Gasteiger partial charge in [0, 0.05) is 13.6 Å². The molecule has 74 valence electrons. The molecule has 0 fully saturated rings. The second-order valence-corrected chi connectivity index (χ2v) is 3.46. The van der Waals surface area contributed by atoms with Gasteiger partial charge in [-0.25, -0.2) is 4.98 Å². The average molecular weight is 189 g/mol. The Labute approximate surface area is 83.8 Å². The highest BCUT2D eigenvalue weighted by atomic mass is 15.0. The first-order valence-electron chi connectivity index (χ1n) is 4.92. The molecule has 0 saturated heterocycles. The summed E-state index contributed by atoms with van der Waals surface area (Å²) < 4.78 is 2.03. The predicted octanol–water partition coefficient (Wildman–Crippen LogP) is 1.68. The second kappa shape index (κ2) is 3.80. The van der Waals surface area contributed by atoms with Crippen molar-refractivity contribution in [2.45, 2.75) is 13.5 Å². The van der Waals surface area contributed by atoms with Gasteiger partial charge < -0.3 is 9.88 Å². The molecule has 0 radical (unpaired) electrons. The smallest absolute Gasteiger partial charge is 0.0955 e. The van der Waals surface area contributed by atoms with Gasteiger partial charge in [-0.05, 0) is 24.2 Å². The lowest BCUT2D eigenvalue weighted by molar-refractivity contribution is 0.727. The van der Waals surface area contributed by atoms with Crippen LogP contribution in [0.1, 0.15) is 12.5 Å². The van der Waals surface area contributed by atoms with Gasteiger partial charge in [0.15, 0.2) is 0 Å². The summed E-state index contributed by atoms with van der Waals surface area (Å²) in [5, 5.41) is 3.30. The third kappa shape index (κ3) is 1.63. The number of aromatic nitrogens is 2. The van der Waals surface area contributed by atoms with E-state index in [0.717, 1.165) is 18.6 Å². The predicted molar refractivity (Wildman–Crippen MR) is 58.1 cm³/mol. The van der Waals surface area contributed by atoms with Crippen molar-refractivity contribution in [1.29, 1.82) is 0 Å². The zero-order valence-electron chi connectivity index (χ0n) is 8.62. The summed E-state index contributed by atoms with van der Waals surface area (Å²) in [4.78, 5) is 4.32. The molecule has 14 heavy (non-hydrogen) atoms. The van der Waals surface area contributed by atoms with Gasteiger partial charge in [-0.2, -0.15) is 0 Å². The molecule has 0 saturated carbocycles. The molecule has 2 rings (SSSR count). The molecule has 1 heterocycles. The van der Waals surface area contributed by atoms with Gasteiger partial charge in [-0.1, -0.05) is 13.0 Å². The molecule has 0 spiro atoms. The summed E-state index contributed by atoms with van der Waals surface area (Å²) in [6, 6.07) is 6.40. The maximum absolute atomic E-state index is 4.32. The van der Waals surface area contributed by atoms with Crippen molar-refractivity contribution in [3.63, 3.8) is 0 Å². The Bertz CT molecular complexity index is 431. The first-order valence-corrected chi connectivity index (χ1v) is 4.92. The van der Waals surface area contributed by atoms with Crippen LogP contribution in [0.2, 0.25) is 0 Å². The fraction of sp³-hybridized carbons (Fsp3) is 0.364. The number of nitrogens with zero attached hydrogens (tertiary/aromatic N) is 2. The Kier molecular flexibility index (Phi) is 2.50. The number of hydrogen-bond donors (Lipinski definition) is 1. The normalized spacial score (nSPS) is 11.0. The average Bonchev–Trinajstić information content (AvgIpc) is 2.57. The Morgan fingerprint density at radius 3 is 3.07 bits per heavy atom. The van der Waals surface area contributed by atoms with E-state index in [1.807, 2.05) is 17.9 Å². The molecule has 2 aromatic rings. The lowest BCUT2D eigenvalue weighted by Gasteiger charge is -2.01. The highest BCUT2D eigenvalue weighted by Gasteiger charge is 1.99. The number of aryl methyl sites for hydroxylation is 1. The highest BCUT2D eigenvalue weighted by Crippen LogP contribution is 2.13. The van der Waals surface area contributed by atoms with E-state index in [0.29, 0.717) is 0 Å². The van der Waals surface area contributed by atoms with E-state index in [4.69, 9.17) is 0 Å². The van der Waals surface area contributed by atoms with E-state index in [1.54, 1.807) is 0 Å². The van der Waals surface area contributed by atoms with E-state index in [9.17, 15) is 0 Å². The number of fused-ring (bicyclic) bond motifs is 1. The zero-order valence-corrected chi connectivity index (χ0v) is 8.62. The molecule has 0 atom stereocenters. The minimum absolute atomic E-state index is 0.920. The summed E-state index contributed by atoms with van der Waals surface area (Å²) in [7, 11) is 2.01. The molecule has 0 unspecified atom stereocenters. The van der Waals surface area contributed by atoms with Gasteiger partial charge in [-0.3, -0.25) is 0 Å². The SMILES string of the molecule is CCNCc1ccc2c(c1)ncn2C. The van der Waals surface area contributed by atoms with Crippen molar-refractivity contribution >= 4 is 11.0 Å². The fourth-order valence-electron chi connectivity index (χ4n) is 1.56. The monoisotopic (exact) mass is 189 g/mol. The Hall–Kier alpha value is -1.35. The van der Waals surface area contributed by atoms with Crippen LogP contribution in [0, 0.1) is 0 Å². The number of imidazole rings is 1. The number of hydrogen-bond acceptors (Lipinski definition) is 2. The lowest BCUT2D eigenvalue weighted by Crippen LogP contribution is -2.11. The molecule has 1 aromatic heterocycles. The summed E-state index contributed by atoms with van der Waals surface area (Å²) in [6.07, 6.45) is 1.85. The maximum atomic E-state index is 4.32. The Balaban J connectivity index is 2.32. The van der Waals surface area contributed by atoms with Crippen LogP contribution in [0.15, 0.2) is 24.5 Å². The molecule has 1 N–H and O–H groups in total. The zero-order chi connectivity index (χ0) is 9.97. The van der Waals surface area contributed by atoms with E-state index in [2.05, 4.69) is 35.4 Å². The van der Waals surface area contributed by atoms with Crippen LogP contribution in [0.5, 0.6) is 0 Å². The molecule has 0 aliphatic heterocycles. The molecular weight excluding hydrogens is 174 g/mol. The summed E-state index contributed by atoms with van der Waals surface area (Å²) in [5.41, 5.74) is 3.55. The van der Waals surface area contributed by atoms with E-state index in [-0.39, 0.29) is 0 Å². The van der Waals surface area contributed by atoms with Crippen molar-refractivity contribution in [1.82, 2.24) is 14.9 Å². The van der Waals surface area contributed by atoms with Crippen LogP contribution in [0.4, 0.5) is 0 Å². The lowest BCUT2D eigenvalue weighted by atomic mass is 10.2. The number of rotatable bonds is 3. The summed E-state index contributed by atoms with van der Waals surface area (Å²) >= 11 is 0. The van der Waals surface area contributed by atoms with Crippen LogP contribution in [0.25, 0.3) is 11.0 Å². The van der Waals surface area contributed by atoms with E-state index >= 15 is 0 Å². The molecule has 0 amide bonds. The van der Waals surface area contributed by atoms with Crippen LogP contribution < -0.4 is 5.32 Å². The van der Waals surface area contributed by atoms with Gasteiger partial charge in [0.05, 0.1) is 17.4 Å². The van der Waals surface area contributed by atoms with Crippen LogP contribution in [-0.4, -0.2) is 16.1 Å².